The Morgan fingerprint density at radius 2 is 2.37 bits per heavy atom. The van der Waals surface area contributed by atoms with E-state index in [1.807, 2.05) is 24.3 Å². The van der Waals surface area contributed by atoms with Gasteiger partial charge in [0.05, 0.1) is 0 Å². The third kappa shape index (κ3) is 4.04. The highest BCUT2D eigenvalue weighted by molar-refractivity contribution is 5.94. The van der Waals surface area contributed by atoms with Crippen molar-refractivity contribution in [2.45, 2.75) is 12.8 Å². The van der Waals surface area contributed by atoms with Crippen molar-refractivity contribution in [1.29, 1.82) is 0 Å². The summed E-state index contributed by atoms with van der Waals surface area (Å²) in [5.74, 6) is 0.606. The number of amides is 1. The molecule has 3 N–H and O–H groups in total. The topological polar surface area (TPSA) is 58.4 Å². The Balaban J connectivity index is 1.87. The lowest BCUT2D eigenvalue weighted by molar-refractivity contribution is 0.0947. The molecule has 0 radical (unpaired) electrons. The van der Waals surface area contributed by atoms with E-state index in [0.717, 1.165) is 37.2 Å². The van der Waals surface area contributed by atoms with Crippen LogP contribution in [0.5, 0.6) is 0 Å². The van der Waals surface area contributed by atoms with Crippen LogP contribution in [0.1, 0.15) is 22.3 Å². The molecule has 4 nitrogen and oxygen atoms in total. The van der Waals surface area contributed by atoms with E-state index in [0.29, 0.717) is 12.5 Å². The summed E-state index contributed by atoms with van der Waals surface area (Å²) in [7, 11) is 2.12. The number of nitrogens with two attached hydrogens (primary N) is 1. The SMILES string of the molecule is CN1CCC(CNC(=O)c2cccc(CCN)c2)C1. The molecular formula is C15H23N3O. The lowest BCUT2D eigenvalue weighted by Crippen LogP contribution is -2.30. The van der Waals surface area contributed by atoms with Gasteiger partial charge in [-0.15, -0.1) is 0 Å². The number of hydrogen-bond acceptors (Lipinski definition) is 3. The molecule has 0 bridgehead atoms. The molecule has 1 aliphatic rings. The van der Waals surface area contributed by atoms with Crippen molar-refractivity contribution in [3.63, 3.8) is 0 Å². The standard InChI is InChI=1S/C15H23N3O/c1-18-8-6-13(11-18)10-17-15(19)14-4-2-3-12(9-14)5-7-16/h2-4,9,13H,5-8,10-11,16H2,1H3,(H,17,19). The number of rotatable bonds is 5. The molecule has 19 heavy (non-hydrogen) atoms. The third-order valence-electron chi connectivity index (χ3n) is 3.66. The Labute approximate surface area is 115 Å². The summed E-state index contributed by atoms with van der Waals surface area (Å²) in [6.07, 6.45) is 1.98. The van der Waals surface area contributed by atoms with Gasteiger partial charge in [-0.3, -0.25) is 4.79 Å². The van der Waals surface area contributed by atoms with Gasteiger partial charge in [-0.05, 0) is 56.6 Å². The van der Waals surface area contributed by atoms with Crippen molar-refractivity contribution in [3.05, 3.63) is 35.4 Å². The van der Waals surface area contributed by atoms with Gasteiger partial charge in [-0.1, -0.05) is 12.1 Å². The summed E-state index contributed by atoms with van der Waals surface area (Å²) in [4.78, 5) is 14.4. The monoisotopic (exact) mass is 261 g/mol. The molecule has 1 aromatic rings. The van der Waals surface area contributed by atoms with Gasteiger partial charge in [0.15, 0.2) is 0 Å². The van der Waals surface area contributed by atoms with E-state index in [9.17, 15) is 4.79 Å². The second kappa shape index (κ2) is 6.68. The molecule has 2 rings (SSSR count). The highest BCUT2D eigenvalue weighted by atomic mass is 16.1. The second-order valence-electron chi connectivity index (χ2n) is 5.37. The fourth-order valence-corrected chi connectivity index (χ4v) is 2.57. The predicted molar refractivity (Wildman–Crippen MR) is 77.1 cm³/mol. The first-order valence-electron chi connectivity index (χ1n) is 6.95. The first-order valence-corrected chi connectivity index (χ1v) is 6.95. The molecule has 1 heterocycles. The van der Waals surface area contributed by atoms with Gasteiger partial charge < -0.3 is 16.0 Å². The van der Waals surface area contributed by atoms with Gasteiger partial charge in [-0.2, -0.15) is 0 Å². The summed E-state index contributed by atoms with van der Waals surface area (Å²) in [6, 6.07) is 7.72. The zero-order valence-electron chi connectivity index (χ0n) is 11.6. The molecule has 1 saturated heterocycles. The molecular weight excluding hydrogens is 238 g/mol. The first-order chi connectivity index (χ1) is 9.19. The first kappa shape index (κ1) is 14.0. The second-order valence-corrected chi connectivity index (χ2v) is 5.37. The third-order valence-corrected chi connectivity index (χ3v) is 3.66. The lowest BCUT2D eigenvalue weighted by atomic mass is 10.1. The summed E-state index contributed by atoms with van der Waals surface area (Å²) < 4.78 is 0. The predicted octanol–water partition coefficient (Wildman–Crippen LogP) is 0.869. The van der Waals surface area contributed by atoms with Crippen LogP contribution in [0.3, 0.4) is 0 Å². The van der Waals surface area contributed by atoms with Crippen LogP contribution in [0.4, 0.5) is 0 Å². The molecule has 0 saturated carbocycles. The lowest BCUT2D eigenvalue weighted by Gasteiger charge is -2.12. The molecule has 1 aromatic carbocycles. The Morgan fingerprint density at radius 3 is 3.05 bits per heavy atom. The van der Waals surface area contributed by atoms with E-state index in [1.54, 1.807) is 0 Å². The van der Waals surface area contributed by atoms with Crippen LogP contribution < -0.4 is 11.1 Å². The van der Waals surface area contributed by atoms with Crippen molar-refractivity contribution >= 4 is 5.91 Å². The molecule has 1 atom stereocenters. The van der Waals surface area contributed by atoms with Crippen molar-refractivity contribution in [3.8, 4) is 0 Å². The highest BCUT2D eigenvalue weighted by Gasteiger charge is 2.19. The number of hydrogen-bond donors (Lipinski definition) is 2. The summed E-state index contributed by atoms with van der Waals surface area (Å²) in [5, 5.41) is 3.03. The van der Waals surface area contributed by atoms with Crippen LogP contribution in [-0.4, -0.2) is 44.0 Å². The number of carbonyl (C=O) groups is 1. The molecule has 104 valence electrons. The molecule has 1 fully saturated rings. The smallest absolute Gasteiger partial charge is 0.251 e. The van der Waals surface area contributed by atoms with Crippen molar-refractivity contribution in [1.82, 2.24) is 10.2 Å². The van der Waals surface area contributed by atoms with Crippen LogP contribution in [-0.2, 0) is 6.42 Å². The average Bonchev–Trinajstić information content (AvgIpc) is 2.82. The molecule has 1 amide bonds. The Bertz CT molecular complexity index is 433. The van der Waals surface area contributed by atoms with E-state index >= 15 is 0 Å². The highest BCUT2D eigenvalue weighted by Crippen LogP contribution is 2.13. The van der Waals surface area contributed by atoms with Crippen LogP contribution in [0.15, 0.2) is 24.3 Å². The maximum absolute atomic E-state index is 12.1. The number of nitrogens with one attached hydrogen (secondary N) is 1. The maximum atomic E-state index is 12.1. The fourth-order valence-electron chi connectivity index (χ4n) is 2.57. The zero-order valence-corrected chi connectivity index (χ0v) is 11.6. The summed E-state index contributed by atoms with van der Waals surface area (Å²) in [5.41, 5.74) is 7.39. The molecule has 1 aliphatic heterocycles. The molecule has 4 heteroatoms. The summed E-state index contributed by atoms with van der Waals surface area (Å²) in [6.45, 7) is 3.59. The number of nitrogens with zero attached hydrogens (tertiary/aromatic N) is 1. The van der Waals surface area contributed by atoms with Crippen LogP contribution in [0.2, 0.25) is 0 Å². The Hall–Kier alpha value is -1.39. The maximum Gasteiger partial charge on any atom is 0.251 e. The van der Waals surface area contributed by atoms with Gasteiger partial charge in [0.2, 0.25) is 0 Å². The van der Waals surface area contributed by atoms with Crippen LogP contribution >= 0.6 is 0 Å². The average molecular weight is 261 g/mol. The van der Waals surface area contributed by atoms with Gasteiger partial charge in [0.25, 0.3) is 5.91 Å². The molecule has 1 unspecified atom stereocenters. The number of benzene rings is 1. The minimum absolute atomic E-state index is 0.0217. The van der Waals surface area contributed by atoms with Crippen molar-refractivity contribution in [2.24, 2.45) is 11.7 Å². The van der Waals surface area contributed by atoms with Gasteiger partial charge in [0, 0.05) is 18.7 Å². The molecule has 0 spiro atoms. The largest absolute Gasteiger partial charge is 0.352 e. The molecule has 0 aliphatic carbocycles. The normalized spacial score (nSPS) is 19.6. The molecule has 0 aromatic heterocycles. The minimum Gasteiger partial charge on any atom is -0.352 e. The Morgan fingerprint density at radius 1 is 1.53 bits per heavy atom. The van der Waals surface area contributed by atoms with Gasteiger partial charge in [0.1, 0.15) is 0 Å². The van der Waals surface area contributed by atoms with E-state index in [1.165, 1.54) is 6.42 Å². The van der Waals surface area contributed by atoms with E-state index in [-0.39, 0.29) is 5.91 Å². The zero-order chi connectivity index (χ0) is 13.7. The van der Waals surface area contributed by atoms with Gasteiger partial charge in [-0.25, -0.2) is 0 Å². The van der Waals surface area contributed by atoms with E-state index < -0.39 is 0 Å². The van der Waals surface area contributed by atoms with Crippen LogP contribution in [0, 0.1) is 5.92 Å². The van der Waals surface area contributed by atoms with E-state index in [2.05, 4.69) is 17.3 Å². The quantitative estimate of drug-likeness (QED) is 0.827. The Kier molecular flexibility index (Phi) is 4.93. The number of likely N-dealkylation sites (tertiary alicyclic amines) is 1. The fraction of sp³-hybridized carbons (Fsp3) is 0.533. The van der Waals surface area contributed by atoms with E-state index in [4.69, 9.17) is 5.73 Å². The minimum atomic E-state index is 0.0217. The van der Waals surface area contributed by atoms with Crippen molar-refractivity contribution < 1.29 is 4.79 Å². The van der Waals surface area contributed by atoms with Crippen LogP contribution in [0.25, 0.3) is 0 Å². The summed E-state index contributed by atoms with van der Waals surface area (Å²) >= 11 is 0. The van der Waals surface area contributed by atoms with Crippen molar-refractivity contribution in [2.75, 3.05) is 33.2 Å². The van der Waals surface area contributed by atoms with Gasteiger partial charge >= 0.3 is 0 Å². The number of carbonyl (C=O) groups excluding carboxylic acids is 1.